The molecule has 10 aromatic rings. The van der Waals surface area contributed by atoms with Gasteiger partial charge in [0.2, 0.25) is 11.9 Å². The fraction of sp³-hybridized carbons (Fsp3) is 0. The second kappa shape index (κ2) is 9.01. The third-order valence-electron chi connectivity index (χ3n) is 8.38. The topological polar surface area (TPSA) is 100 Å². The number of hydrogen-bond donors (Lipinski definition) is 0. The lowest BCUT2D eigenvalue weighted by Gasteiger charge is -2.11. The van der Waals surface area contributed by atoms with E-state index in [4.69, 9.17) is 34.3 Å². The van der Waals surface area contributed by atoms with Crippen molar-refractivity contribution in [3.8, 4) is 23.3 Å². The van der Waals surface area contributed by atoms with Gasteiger partial charge in [-0.15, -0.1) is 0 Å². The Morgan fingerprint density at radius 2 is 1.00 bits per heavy atom. The second-order valence-corrected chi connectivity index (χ2v) is 10.9. The fourth-order valence-corrected chi connectivity index (χ4v) is 6.46. The fourth-order valence-electron chi connectivity index (χ4n) is 6.46. The molecule has 9 heteroatoms. The zero-order chi connectivity index (χ0) is 29.5. The summed E-state index contributed by atoms with van der Waals surface area (Å²) in [4.78, 5) is 29.6. The van der Waals surface area contributed by atoms with Gasteiger partial charge in [-0.25, -0.2) is 19.5 Å². The van der Waals surface area contributed by atoms with Crippen LogP contribution in [0.5, 0.6) is 0 Å². The Morgan fingerprint density at radius 3 is 1.73 bits per heavy atom. The Kier molecular flexibility index (Phi) is 4.81. The van der Waals surface area contributed by atoms with Crippen molar-refractivity contribution in [2.75, 3.05) is 0 Å². The van der Waals surface area contributed by atoms with Crippen LogP contribution < -0.4 is 0 Å². The molecule has 0 spiro atoms. The number of benzene rings is 3. The standard InChI is InChI=1S/C36H20N8O/c1-3-16-28-21(9-1)24-13-6-18-37-32(24)43(28)35-40-31(27-12-5-11-23-22-10-2-4-17-29(22)45-30(23)27)41-36(42-35)44-33-25(14-7-19-38-33)26-15-8-20-39-34(26)44/h1-20H. The number of hydrogen-bond acceptors (Lipinski definition) is 7. The number of nitrogens with zero attached hydrogens (tertiary/aromatic N) is 8. The predicted molar refractivity (Wildman–Crippen MR) is 175 cm³/mol. The van der Waals surface area contributed by atoms with Crippen LogP contribution in [0.15, 0.2) is 126 Å². The van der Waals surface area contributed by atoms with Gasteiger partial charge >= 0.3 is 0 Å². The summed E-state index contributed by atoms with van der Waals surface area (Å²) in [5.41, 5.74) is 5.37. The molecule has 0 saturated carbocycles. The summed E-state index contributed by atoms with van der Waals surface area (Å²) in [6.07, 6.45) is 5.33. The van der Waals surface area contributed by atoms with Crippen molar-refractivity contribution in [2.45, 2.75) is 0 Å². The van der Waals surface area contributed by atoms with Crippen molar-refractivity contribution in [3.05, 3.63) is 122 Å². The highest BCUT2D eigenvalue weighted by molar-refractivity contribution is 6.10. The molecule has 0 radical (unpaired) electrons. The first kappa shape index (κ1) is 24.0. The molecule has 0 atom stereocenters. The Bertz CT molecular complexity index is 2550. The van der Waals surface area contributed by atoms with E-state index in [0.29, 0.717) is 34.6 Å². The minimum atomic E-state index is 0.391. The number of rotatable bonds is 3. The van der Waals surface area contributed by atoms with Gasteiger partial charge in [0, 0.05) is 50.9 Å². The molecule has 3 aromatic carbocycles. The highest BCUT2D eigenvalue weighted by Gasteiger charge is 2.23. The molecule has 0 aliphatic heterocycles. The van der Waals surface area contributed by atoms with Crippen molar-refractivity contribution in [1.29, 1.82) is 0 Å². The molecule has 0 unspecified atom stereocenters. The van der Waals surface area contributed by atoms with E-state index in [1.807, 2.05) is 81.9 Å². The first-order chi connectivity index (χ1) is 22.3. The van der Waals surface area contributed by atoms with E-state index in [2.05, 4.69) is 30.3 Å². The number of fused-ring (bicyclic) bond motifs is 9. The number of pyridine rings is 3. The first-order valence-corrected chi connectivity index (χ1v) is 14.6. The molecule has 10 rings (SSSR count). The lowest BCUT2D eigenvalue weighted by molar-refractivity contribution is 0.669. The van der Waals surface area contributed by atoms with Gasteiger partial charge in [-0.2, -0.15) is 15.0 Å². The predicted octanol–water partition coefficient (Wildman–Crippen LogP) is 7.82. The maximum atomic E-state index is 6.43. The van der Waals surface area contributed by atoms with Crippen LogP contribution in [0.1, 0.15) is 0 Å². The van der Waals surface area contributed by atoms with Gasteiger partial charge in [0.05, 0.1) is 11.1 Å². The smallest absolute Gasteiger partial charge is 0.242 e. The molecule has 210 valence electrons. The molecule has 9 nitrogen and oxygen atoms in total. The lowest BCUT2D eigenvalue weighted by atomic mass is 10.1. The van der Waals surface area contributed by atoms with Crippen molar-refractivity contribution >= 4 is 65.9 Å². The number of furan rings is 1. The average Bonchev–Trinajstić information content (AvgIpc) is 3.76. The van der Waals surface area contributed by atoms with Gasteiger partial charge in [0.25, 0.3) is 0 Å². The molecule has 0 amide bonds. The second-order valence-electron chi connectivity index (χ2n) is 10.9. The normalized spacial score (nSPS) is 12.0. The Balaban J connectivity index is 1.35. The zero-order valence-corrected chi connectivity index (χ0v) is 23.5. The highest BCUT2D eigenvalue weighted by Crippen LogP contribution is 2.36. The summed E-state index contributed by atoms with van der Waals surface area (Å²) in [6.45, 7) is 0. The van der Waals surface area contributed by atoms with E-state index in [1.165, 1.54) is 0 Å². The van der Waals surface area contributed by atoms with Gasteiger partial charge in [-0.05, 0) is 54.6 Å². The highest BCUT2D eigenvalue weighted by atomic mass is 16.3. The largest absolute Gasteiger partial charge is 0.455 e. The van der Waals surface area contributed by atoms with E-state index in [1.54, 1.807) is 18.6 Å². The van der Waals surface area contributed by atoms with Crippen LogP contribution in [0.4, 0.5) is 0 Å². The molecule has 0 bridgehead atoms. The molecule has 0 aliphatic carbocycles. The van der Waals surface area contributed by atoms with Crippen LogP contribution in [0.3, 0.4) is 0 Å². The maximum Gasteiger partial charge on any atom is 0.242 e. The summed E-state index contributed by atoms with van der Waals surface area (Å²) in [6, 6.07) is 34.2. The van der Waals surface area contributed by atoms with Gasteiger partial charge in [0.1, 0.15) is 28.1 Å². The van der Waals surface area contributed by atoms with Crippen LogP contribution >= 0.6 is 0 Å². The van der Waals surface area contributed by atoms with E-state index in [0.717, 1.165) is 54.6 Å². The third kappa shape index (κ3) is 3.37. The van der Waals surface area contributed by atoms with Gasteiger partial charge in [0.15, 0.2) is 5.82 Å². The van der Waals surface area contributed by atoms with Crippen molar-refractivity contribution in [2.24, 2.45) is 0 Å². The Hall–Kier alpha value is -6.48. The van der Waals surface area contributed by atoms with E-state index >= 15 is 0 Å². The molecule has 0 N–H and O–H groups in total. The first-order valence-electron chi connectivity index (χ1n) is 14.6. The number of para-hydroxylation sites is 3. The van der Waals surface area contributed by atoms with Crippen molar-refractivity contribution < 1.29 is 4.42 Å². The maximum absolute atomic E-state index is 6.43. The van der Waals surface area contributed by atoms with E-state index < -0.39 is 0 Å². The minimum absolute atomic E-state index is 0.391. The third-order valence-corrected chi connectivity index (χ3v) is 8.38. The van der Waals surface area contributed by atoms with Crippen LogP contribution in [-0.2, 0) is 0 Å². The van der Waals surface area contributed by atoms with Crippen LogP contribution in [0, 0.1) is 0 Å². The summed E-state index contributed by atoms with van der Waals surface area (Å²) in [5, 5.41) is 6.01. The number of aromatic nitrogens is 8. The summed E-state index contributed by atoms with van der Waals surface area (Å²) < 4.78 is 10.3. The van der Waals surface area contributed by atoms with Gasteiger partial charge in [-0.3, -0.25) is 4.57 Å². The molecule has 0 saturated heterocycles. The van der Waals surface area contributed by atoms with Gasteiger partial charge in [-0.1, -0.05) is 48.5 Å². The molecule has 45 heavy (non-hydrogen) atoms. The summed E-state index contributed by atoms with van der Waals surface area (Å²) >= 11 is 0. The quantitative estimate of drug-likeness (QED) is 0.210. The summed E-state index contributed by atoms with van der Waals surface area (Å²) in [7, 11) is 0. The van der Waals surface area contributed by atoms with Crippen LogP contribution in [0.25, 0.3) is 89.2 Å². The Labute approximate surface area is 254 Å². The Morgan fingerprint density at radius 1 is 0.444 bits per heavy atom. The monoisotopic (exact) mass is 580 g/mol. The molecule has 0 aliphatic rings. The molecule has 0 fully saturated rings. The molecular formula is C36H20N8O. The molecular weight excluding hydrogens is 560 g/mol. The van der Waals surface area contributed by atoms with E-state index in [-0.39, 0.29) is 0 Å². The lowest BCUT2D eigenvalue weighted by Crippen LogP contribution is -2.11. The van der Waals surface area contributed by atoms with E-state index in [9.17, 15) is 0 Å². The molecule has 7 heterocycles. The minimum Gasteiger partial charge on any atom is -0.455 e. The van der Waals surface area contributed by atoms with Crippen molar-refractivity contribution in [3.63, 3.8) is 0 Å². The average molecular weight is 581 g/mol. The van der Waals surface area contributed by atoms with Crippen LogP contribution in [-0.4, -0.2) is 39.0 Å². The van der Waals surface area contributed by atoms with Crippen LogP contribution in [0.2, 0.25) is 0 Å². The van der Waals surface area contributed by atoms with Gasteiger partial charge < -0.3 is 4.42 Å². The zero-order valence-electron chi connectivity index (χ0n) is 23.5. The molecule has 7 aromatic heterocycles. The summed E-state index contributed by atoms with van der Waals surface area (Å²) in [5.74, 6) is 1.28. The SMILES string of the molecule is c1ccc2c(c1)oc1c(-c3nc(-n4c5ccccc5c5cccnc54)nc(-n4c5ncccc5c5cccnc54)n3)cccc12. The van der Waals surface area contributed by atoms with Crippen molar-refractivity contribution in [1.82, 2.24) is 39.0 Å².